The highest BCUT2D eigenvalue weighted by Crippen LogP contribution is 2.31. The third kappa shape index (κ3) is 3.32. The van der Waals surface area contributed by atoms with Gasteiger partial charge in [-0.3, -0.25) is 0 Å². The molecule has 0 spiro atoms. The number of aromatic nitrogens is 2. The van der Waals surface area contributed by atoms with Crippen LogP contribution in [0.3, 0.4) is 0 Å². The van der Waals surface area contributed by atoms with Gasteiger partial charge in [0.15, 0.2) is 5.82 Å². The van der Waals surface area contributed by atoms with Gasteiger partial charge in [-0.05, 0) is 18.8 Å². The second kappa shape index (κ2) is 5.52. The van der Waals surface area contributed by atoms with Crippen LogP contribution in [0, 0.1) is 5.92 Å². The summed E-state index contributed by atoms with van der Waals surface area (Å²) < 4.78 is 5.08. The van der Waals surface area contributed by atoms with E-state index in [4.69, 9.17) is 10.5 Å². The number of nitrogens with zero attached hydrogens (tertiary/aromatic N) is 3. The van der Waals surface area contributed by atoms with Crippen molar-refractivity contribution in [1.82, 2.24) is 9.97 Å². The van der Waals surface area contributed by atoms with E-state index in [9.17, 15) is 0 Å². The predicted molar refractivity (Wildman–Crippen MR) is 72.4 cm³/mol. The Balaban J connectivity index is 2.22. The first-order valence-electron chi connectivity index (χ1n) is 6.49. The average molecular weight is 250 g/mol. The number of methoxy groups -OCH3 is 1. The number of hydrogen-bond acceptors (Lipinski definition) is 5. The maximum Gasteiger partial charge on any atom is 0.158 e. The molecule has 2 rings (SSSR count). The molecule has 1 aliphatic rings. The van der Waals surface area contributed by atoms with E-state index in [0.29, 0.717) is 30.2 Å². The zero-order chi connectivity index (χ0) is 13.1. The van der Waals surface area contributed by atoms with Crippen LogP contribution in [0.1, 0.15) is 32.5 Å². The Kier molecular flexibility index (Phi) is 4.01. The van der Waals surface area contributed by atoms with Gasteiger partial charge in [0, 0.05) is 25.8 Å². The summed E-state index contributed by atoms with van der Waals surface area (Å²) in [5, 5.41) is 0. The Hall–Kier alpha value is -1.36. The fourth-order valence-electron chi connectivity index (χ4n) is 2.05. The second-order valence-corrected chi connectivity index (χ2v) is 5.28. The topological polar surface area (TPSA) is 64.3 Å². The Labute approximate surface area is 108 Å². The summed E-state index contributed by atoms with van der Waals surface area (Å²) in [6.07, 6.45) is 2.49. The van der Waals surface area contributed by atoms with Crippen LogP contribution in [0.4, 0.5) is 11.6 Å². The van der Waals surface area contributed by atoms with Gasteiger partial charge in [-0.2, -0.15) is 0 Å². The lowest BCUT2D eigenvalue weighted by Crippen LogP contribution is -2.31. The van der Waals surface area contributed by atoms with Gasteiger partial charge in [0.1, 0.15) is 18.2 Å². The highest BCUT2D eigenvalue weighted by Gasteiger charge is 2.30. The van der Waals surface area contributed by atoms with Gasteiger partial charge < -0.3 is 15.4 Å². The zero-order valence-corrected chi connectivity index (χ0v) is 11.4. The highest BCUT2D eigenvalue weighted by atomic mass is 16.5. The molecule has 0 saturated heterocycles. The highest BCUT2D eigenvalue weighted by molar-refractivity contribution is 5.48. The molecule has 5 nitrogen and oxygen atoms in total. The van der Waals surface area contributed by atoms with Crippen molar-refractivity contribution in [3.8, 4) is 0 Å². The minimum Gasteiger partial charge on any atom is -0.384 e. The van der Waals surface area contributed by atoms with Crippen LogP contribution in [0.2, 0.25) is 0 Å². The van der Waals surface area contributed by atoms with E-state index in [1.807, 2.05) is 6.07 Å². The quantitative estimate of drug-likeness (QED) is 0.834. The molecule has 0 amide bonds. The first kappa shape index (κ1) is 13.1. The third-order valence-electron chi connectivity index (χ3n) is 2.90. The van der Waals surface area contributed by atoms with E-state index in [2.05, 4.69) is 28.7 Å². The maximum atomic E-state index is 5.85. The lowest BCUT2D eigenvalue weighted by Gasteiger charge is -2.26. The maximum absolute atomic E-state index is 5.85. The van der Waals surface area contributed by atoms with Crippen LogP contribution >= 0.6 is 0 Å². The molecule has 18 heavy (non-hydrogen) atoms. The van der Waals surface area contributed by atoms with Crippen molar-refractivity contribution in [2.24, 2.45) is 5.92 Å². The van der Waals surface area contributed by atoms with E-state index in [1.54, 1.807) is 7.11 Å². The number of hydrogen-bond donors (Lipinski definition) is 1. The largest absolute Gasteiger partial charge is 0.384 e. The molecule has 0 aliphatic heterocycles. The normalized spacial score (nSPS) is 15.1. The Morgan fingerprint density at radius 2 is 2.17 bits per heavy atom. The summed E-state index contributed by atoms with van der Waals surface area (Å²) in [5.41, 5.74) is 5.85. The van der Waals surface area contributed by atoms with Crippen LogP contribution < -0.4 is 10.6 Å². The Bertz CT molecular complexity index is 404. The van der Waals surface area contributed by atoms with Crippen molar-refractivity contribution in [1.29, 1.82) is 0 Å². The van der Waals surface area contributed by atoms with E-state index < -0.39 is 0 Å². The van der Waals surface area contributed by atoms with E-state index >= 15 is 0 Å². The molecule has 0 bridgehead atoms. The van der Waals surface area contributed by atoms with E-state index in [1.165, 1.54) is 12.8 Å². The van der Waals surface area contributed by atoms with E-state index in [0.717, 1.165) is 12.4 Å². The molecule has 0 aromatic carbocycles. The lowest BCUT2D eigenvalue weighted by molar-refractivity contribution is 0.178. The van der Waals surface area contributed by atoms with Gasteiger partial charge in [0.25, 0.3) is 0 Å². The summed E-state index contributed by atoms with van der Waals surface area (Å²) >= 11 is 0. The van der Waals surface area contributed by atoms with Crippen LogP contribution in [-0.2, 0) is 11.3 Å². The van der Waals surface area contributed by atoms with Crippen molar-refractivity contribution in [3.05, 3.63) is 11.9 Å². The molecule has 1 heterocycles. The van der Waals surface area contributed by atoms with Crippen LogP contribution in [0.25, 0.3) is 0 Å². The average Bonchev–Trinajstić information content (AvgIpc) is 3.09. The monoisotopic (exact) mass is 250 g/mol. The van der Waals surface area contributed by atoms with Crippen LogP contribution in [0.15, 0.2) is 6.07 Å². The molecule has 5 heteroatoms. The molecule has 1 aliphatic carbocycles. The van der Waals surface area contributed by atoms with Crippen molar-refractivity contribution >= 4 is 11.6 Å². The summed E-state index contributed by atoms with van der Waals surface area (Å²) in [7, 11) is 1.64. The molecule has 100 valence electrons. The molecule has 0 atom stereocenters. The van der Waals surface area contributed by atoms with Gasteiger partial charge in [-0.1, -0.05) is 13.8 Å². The van der Waals surface area contributed by atoms with E-state index in [-0.39, 0.29) is 0 Å². The zero-order valence-electron chi connectivity index (χ0n) is 11.4. The first-order chi connectivity index (χ1) is 8.60. The standard InChI is InChI=1S/C13H22N4O/c1-9(2)7-17(10-4-5-10)13-6-11(14)15-12(16-13)8-18-3/h6,9-10H,4-5,7-8H2,1-3H3,(H2,14,15,16). The predicted octanol–water partition coefficient (Wildman–Crippen LogP) is 1.83. The smallest absolute Gasteiger partial charge is 0.158 e. The summed E-state index contributed by atoms with van der Waals surface area (Å²) in [6.45, 7) is 5.84. The second-order valence-electron chi connectivity index (χ2n) is 5.28. The van der Waals surface area contributed by atoms with Gasteiger partial charge >= 0.3 is 0 Å². The molecular weight excluding hydrogens is 228 g/mol. The molecule has 2 N–H and O–H groups in total. The minimum absolute atomic E-state index is 0.401. The first-order valence-corrected chi connectivity index (χ1v) is 6.49. The Morgan fingerprint density at radius 1 is 1.44 bits per heavy atom. The van der Waals surface area contributed by atoms with Gasteiger partial charge in [-0.25, -0.2) is 9.97 Å². The number of rotatable bonds is 6. The summed E-state index contributed by atoms with van der Waals surface area (Å²) in [6, 6.07) is 2.48. The van der Waals surface area contributed by atoms with Gasteiger partial charge in [-0.15, -0.1) is 0 Å². The number of anilines is 2. The van der Waals surface area contributed by atoms with Crippen molar-refractivity contribution in [2.45, 2.75) is 39.3 Å². The summed E-state index contributed by atoms with van der Waals surface area (Å²) in [4.78, 5) is 11.1. The molecule has 1 fully saturated rings. The van der Waals surface area contributed by atoms with Crippen LogP contribution in [-0.4, -0.2) is 29.7 Å². The Morgan fingerprint density at radius 3 is 2.72 bits per heavy atom. The minimum atomic E-state index is 0.401. The number of nitrogens with two attached hydrogens (primary N) is 1. The summed E-state index contributed by atoms with van der Waals surface area (Å²) in [5.74, 6) is 2.71. The van der Waals surface area contributed by atoms with Crippen molar-refractivity contribution in [2.75, 3.05) is 24.3 Å². The molecule has 1 aromatic heterocycles. The van der Waals surface area contributed by atoms with Gasteiger partial charge in [0.2, 0.25) is 0 Å². The van der Waals surface area contributed by atoms with Gasteiger partial charge in [0.05, 0.1) is 0 Å². The molecule has 1 saturated carbocycles. The molecular formula is C13H22N4O. The fraction of sp³-hybridized carbons (Fsp3) is 0.692. The molecule has 0 radical (unpaired) electrons. The fourth-order valence-corrected chi connectivity index (χ4v) is 2.05. The third-order valence-corrected chi connectivity index (χ3v) is 2.90. The van der Waals surface area contributed by atoms with Crippen molar-refractivity contribution in [3.63, 3.8) is 0 Å². The molecule has 0 unspecified atom stereocenters. The number of ether oxygens (including phenoxy) is 1. The van der Waals surface area contributed by atoms with Crippen LogP contribution in [0.5, 0.6) is 0 Å². The number of nitrogen functional groups attached to an aromatic ring is 1. The van der Waals surface area contributed by atoms with Crippen molar-refractivity contribution < 1.29 is 4.74 Å². The lowest BCUT2D eigenvalue weighted by atomic mass is 10.2. The molecule has 1 aromatic rings. The SMILES string of the molecule is COCc1nc(N)cc(N(CC(C)C)C2CC2)n1.